The highest BCUT2D eigenvalue weighted by atomic mass is 16.2. The maximum absolute atomic E-state index is 12.9. The van der Waals surface area contributed by atoms with Crippen LogP contribution in [0.1, 0.15) is 49.3 Å². The van der Waals surface area contributed by atoms with Crippen LogP contribution >= 0.6 is 0 Å². The molecule has 1 aromatic rings. The Morgan fingerprint density at radius 3 is 2.77 bits per heavy atom. The SMILES string of the molecule is Cc1ccc(C)c(CN2C(=O)NC3(CCCCC3C)C2=O)c1. The Bertz CT molecular complexity index is 626. The van der Waals surface area contributed by atoms with E-state index in [-0.39, 0.29) is 17.9 Å². The van der Waals surface area contributed by atoms with Gasteiger partial charge in [0.2, 0.25) is 0 Å². The van der Waals surface area contributed by atoms with Gasteiger partial charge in [-0.25, -0.2) is 4.79 Å². The van der Waals surface area contributed by atoms with Crippen LogP contribution in [0.25, 0.3) is 0 Å². The van der Waals surface area contributed by atoms with Crippen LogP contribution in [0.15, 0.2) is 18.2 Å². The molecule has 1 aliphatic carbocycles. The highest BCUT2D eigenvalue weighted by Gasteiger charge is 2.54. The van der Waals surface area contributed by atoms with E-state index in [2.05, 4.69) is 24.4 Å². The molecule has 0 bridgehead atoms. The van der Waals surface area contributed by atoms with Crippen LogP contribution in [0, 0.1) is 19.8 Å². The lowest BCUT2D eigenvalue weighted by Gasteiger charge is -2.36. The van der Waals surface area contributed by atoms with Crippen molar-refractivity contribution in [2.24, 2.45) is 5.92 Å². The average molecular weight is 300 g/mol. The molecule has 1 saturated carbocycles. The van der Waals surface area contributed by atoms with E-state index in [1.807, 2.05) is 19.9 Å². The number of amides is 3. The van der Waals surface area contributed by atoms with E-state index in [1.165, 1.54) is 4.90 Å². The number of carbonyl (C=O) groups excluding carboxylic acids is 2. The first-order valence-corrected chi connectivity index (χ1v) is 8.14. The minimum absolute atomic E-state index is 0.0365. The minimum Gasteiger partial charge on any atom is -0.323 e. The summed E-state index contributed by atoms with van der Waals surface area (Å²) >= 11 is 0. The van der Waals surface area contributed by atoms with Crippen LogP contribution in [0.4, 0.5) is 4.79 Å². The molecule has 1 N–H and O–H groups in total. The number of imide groups is 1. The van der Waals surface area contributed by atoms with Crippen LogP contribution in [-0.2, 0) is 11.3 Å². The summed E-state index contributed by atoms with van der Waals surface area (Å²) in [5, 5.41) is 3.01. The zero-order valence-electron chi connectivity index (χ0n) is 13.6. The lowest BCUT2D eigenvalue weighted by atomic mass is 9.73. The molecule has 118 valence electrons. The summed E-state index contributed by atoms with van der Waals surface area (Å²) in [7, 11) is 0. The molecule has 1 aromatic carbocycles. The van der Waals surface area contributed by atoms with E-state index in [1.54, 1.807) is 0 Å². The second-order valence-electron chi connectivity index (χ2n) is 6.87. The first kappa shape index (κ1) is 15.1. The summed E-state index contributed by atoms with van der Waals surface area (Å²) in [5.41, 5.74) is 2.65. The molecule has 2 atom stereocenters. The standard InChI is InChI=1S/C18H24N2O2/c1-12-7-8-13(2)15(10-12)11-20-16(21)18(19-17(20)22)9-5-4-6-14(18)3/h7-8,10,14H,4-6,9,11H2,1-3H3,(H,19,22). The molecule has 22 heavy (non-hydrogen) atoms. The first-order chi connectivity index (χ1) is 10.4. The Morgan fingerprint density at radius 2 is 2.05 bits per heavy atom. The number of carbonyl (C=O) groups is 2. The van der Waals surface area contributed by atoms with Crippen molar-refractivity contribution in [2.75, 3.05) is 0 Å². The third kappa shape index (κ3) is 2.31. The summed E-state index contributed by atoms with van der Waals surface area (Å²) in [4.78, 5) is 26.8. The number of hydrogen-bond donors (Lipinski definition) is 1. The molecule has 1 heterocycles. The molecule has 1 saturated heterocycles. The number of hydrogen-bond acceptors (Lipinski definition) is 2. The van der Waals surface area contributed by atoms with Gasteiger partial charge in [0.15, 0.2) is 0 Å². The average Bonchev–Trinajstić information content (AvgIpc) is 2.71. The van der Waals surface area contributed by atoms with Crippen LogP contribution in [0.5, 0.6) is 0 Å². The molecule has 3 amide bonds. The number of rotatable bonds is 2. The predicted octanol–water partition coefficient (Wildman–Crippen LogP) is 3.30. The quantitative estimate of drug-likeness (QED) is 0.852. The molecule has 1 spiro atoms. The largest absolute Gasteiger partial charge is 0.325 e. The van der Waals surface area contributed by atoms with E-state index < -0.39 is 5.54 Å². The van der Waals surface area contributed by atoms with Crippen molar-refractivity contribution in [3.8, 4) is 0 Å². The van der Waals surface area contributed by atoms with Crippen LogP contribution < -0.4 is 5.32 Å². The van der Waals surface area contributed by atoms with E-state index in [0.29, 0.717) is 6.54 Å². The molecule has 2 unspecified atom stereocenters. The Labute approximate surface area is 131 Å². The Kier molecular flexibility index (Phi) is 3.71. The van der Waals surface area contributed by atoms with Crippen LogP contribution in [0.2, 0.25) is 0 Å². The fraction of sp³-hybridized carbons (Fsp3) is 0.556. The number of aryl methyl sites for hydroxylation is 2. The molecular weight excluding hydrogens is 276 g/mol. The molecule has 2 fully saturated rings. The summed E-state index contributed by atoms with van der Waals surface area (Å²) in [5.74, 6) is 0.173. The van der Waals surface area contributed by atoms with Crippen LogP contribution in [0.3, 0.4) is 0 Å². The van der Waals surface area contributed by atoms with Gasteiger partial charge in [0.1, 0.15) is 5.54 Å². The maximum atomic E-state index is 12.9. The number of nitrogens with zero attached hydrogens (tertiary/aromatic N) is 1. The van der Waals surface area contributed by atoms with Gasteiger partial charge < -0.3 is 5.32 Å². The zero-order chi connectivity index (χ0) is 15.9. The molecule has 1 aliphatic heterocycles. The molecule has 4 heteroatoms. The fourth-order valence-corrected chi connectivity index (χ4v) is 3.78. The van der Waals surface area contributed by atoms with Gasteiger partial charge in [-0.15, -0.1) is 0 Å². The van der Waals surface area contributed by atoms with Gasteiger partial charge in [0.05, 0.1) is 6.54 Å². The van der Waals surface area contributed by atoms with E-state index in [9.17, 15) is 9.59 Å². The van der Waals surface area contributed by atoms with Gasteiger partial charge in [-0.2, -0.15) is 0 Å². The summed E-state index contributed by atoms with van der Waals surface area (Å²) in [6.45, 7) is 6.50. The minimum atomic E-state index is -0.660. The smallest absolute Gasteiger partial charge is 0.323 e. The third-order valence-electron chi connectivity index (χ3n) is 5.33. The molecular formula is C18H24N2O2. The highest BCUT2D eigenvalue weighted by Crippen LogP contribution is 2.38. The Balaban J connectivity index is 1.87. The van der Waals surface area contributed by atoms with Gasteiger partial charge in [0.25, 0.3) is 5.91 Å². The first-order valence-electron chi connectivity index (χ1n) is 8.14. The van der Waals surface area contributed by atoms with Gasteiger partial charge in [-0.1, -0.05) is 43.5 Å². The number of urea groups is 1. The number of nitrogens with one attached hydrogen (secondary N) is 1. The van der Waals surface area contributed by atoms with E-state index >= 15 is 0 Å². The second-order valence-corrected chi connectivity index (χ2v) is 6.87. The van der Waals surface area contributed by atoms with Crippen molar-refractivity contribution in [3.05, 3.63) is 34.9 Å². The molecule has 4 nitrogen and oxygen atoms in total. The third-order valence-corrected chi connectivity index (χ3v) is 5.33. The van der Waals surface area contributed by atoms with Gasteiger partial charge in [-0.3, -0.25) is 9.69 Å². The van der Waals surface area contributed by atoms with Crippen molar-refractivity contribution < 1.29 is 9.59 Å². The monoisotopic (exact) mass is 300 g/mol. The topological polar surface area (TPSA) is 49.4 Å². The highest BCUT2D eigenvalue weighted by molar-refractivity contribution is 6.07. The van der Waals surface area contributed by atoms with Crippen LogP contribution in [-0.4, -0.2) is 22.4 Å². The Morgan fingerprint density at radius 1 is 1.27 bits per heavy atom. The van der Waals surface area contributed by atoms with Gasteiger partial charge in [-0.05, 0) is 43.7 Å². The van der Waals surface area contributed by atoms with Gasteiger partial charge >= 0.3 is 6.03 Å². The van der Waals surface area contributed by atoms with E-state index in [4.69, 9.17) is 0 Å². The molecule has 0 radical (unpaired) electrons. The normalized spacial score (nSPS) is 28.3. The zero-order valence-corrected chi connectivity index (χ0v) is 13.6. The maximum Gasteiger partial charge on any atom is 0.325 e. The van der Waals surface area contributed by atoms with Crippen molar-refractivity contribution in [1.82, 2.24) is 10.2 Å². The molecule has 0 aromatic heterocycles. The summed E-state index contributed by atoms with van der Waals surface area (Å²) < 4.78 is 0. The molecule has 3 rings (SSSR count). The summed E-state index contributed by atoms with van der Waals surface area (Å²) in [6.07, 6.45) is 3.92. The predicted molar refractivity (Wildman–Crippen MR) is 85.4 cm³/mol. The van der Waals surface area contributed by atoms with Crippen molar-refractivity contribution >= 4 is 11.9 Å². The fourth-order valence-electron chi connectivity index (χ4n) is 3.78. The van der Waals surface area contributed by atoms with Crippen molar-refractivity contribution in [1.29, 1.82) is 0 Å². The van der Waals surface area contributed by atoms with Crippen molar-refractivity contribution in [3.63, 3.8) is 0 Å². The Hall–Kier alpha value is -1.84. The number of benzene rings is 1. The second kappa shape index (κ2) is 5.41. The van der Waals surface area contributed by atoms with Gasteiger partial charge in [0, 0.05) is 0 Å². The summed E-state index contributed by atoms with van der Waals surface area (Å²) in [6, 6.07) is 5.92. The van der Waals surface area contributed by atoms with E-state index in [0.717, 1.165) is 42.4 Å². The van der Waals surface area contributed by atoms with Crippen molar-refractivity contribution in [2.45, 2.75) is 58.5 Å². The lowest BCUT2D eigenvalue weighted by Crippen LogP contribution is -2.53. The lowest BCUT2D eigenvalue weighted by molar-refractivity contribution is -0.134. The molecule has 2 aliphatic rings.